The monoisotopic (exact) mass is 372 g/mol. The highest BCUT2D eigenvalue weighted by atomic mass is 32.2. The van der Waals surface area contributed by atoms with E-state index in [2.05, 4.69) is 5.32 Å². The second-order valence-electron chi connectivity index (χ2n) is 6.21. The minimum Gasteiger partial charge on any atom is -0.504 e. The van der Waals surface area contributed by atoms with Crippen LogP contribution in [0.15, 0.2) is 18.2 Å². The predicted molar refractivity (Wildman–Crippen MR) is 89.8 cm³/mol. The molecule has 1 aromatic rings. The summed E-state index contributed by atoms with van der Waals surface area (Å²) in [6.07, 6.45) is 0.192. The Labute approximate surface area is 146 Å². The number of nitrogens with one attached hydrogen (secondary N) is 1. The molecule has 0 saturated carbocycles. The molecular formula is C15H20N2O7S. The highest BCUT2D eigenvalue weighted by Gasteiger charge is 2.53. The fraction of sp³-hybridized carbons (Fsp3) is 0.467. The van der Waals surface area contributed by atoms with E-state index in [0.717, 1.165) is 4.90 Å². The van der Waals surface area contributed by atoms with Crippen LogP contribution in [0.3, 0.4) is 0 Å². The van der Waals surface area contributed by atoms with Gasteiger partial charge in [0.25, 0.3) is 0 Å². The number of likely N-dealkylation sites (tertiary alicyclic amines) is 1. The molecule has 1 amide bonds. The molecule has 10 heteroatoms. The molecule has 2 rings (SSSR count). The van der Waals surface area contributed by atoms with Crippen molar-refractivity contribution >= 4 is 28.6 Å². The normalized spacial score (nSPS) is 21.8. The van der Waals surface area contributed by atoms with Gasteiger partial charge in [0, 0.05) is 30.8 Å². The minimum absolute atomic E-state index is 0.192. The predicted octanol–water partition coefficient (Wildman–Crippen LogP) is 0.564. The van der Waals surface area contributed by atoms with E-state index in [4.69, 9.17) is 0 Å². The molecule has 5 N–H and O–H groups in total. The van der Waals surface area contributed by atoms with E-state index in [1.807, 2.05) is 0 Å². The molecule has 1 heterocycles. The third kappa shape index (κ3) is 3.54. The number of amides is 1. The summed E-state index contributed by atoms with van der Waals surface area (Å²) in [6, 6.07) is 2.01. The zero-order chi connectivity index (χ0) is 18.9. The van der Waals surface area contributed by atoms with Gasteiger partial charge in [0.2, 0.25) is 5.91 Å². The smallest absolute Gasteiger partial charge is 0.328 e. The topological polar surface area (TPSA) is 147 Å². The van der Waals surface area contributed by atoms with Gasteiger partial charge >= 0.3 is 5.97 Å². The van der Waals surface area contributed by atoms with Gasteiger partial charge in [0.05, 0.1) is 0 Å². The first-order valence-electron chi connectivity index (χ1n) is 7.48. The maximum absolute atomic E-state index is 11.9. The molecule has 1 fully saturated rings. The highest BCUT2D eigenvalue weighted by Crippen LogP contribution is 2.33. The standard InChI is InChI=1S/C15H20N2O7S/c1-8-5-12(20)17(8)13(14(21)22)15(2,25(23)24)7-16-9-3-4-10(18)11(19)6-9/h3-4,6,8,13,16,18-19H,5,7H2,1-2H3,(H,21,22)(H,23,24)/t8-,13+,15+/m1/s1. The number of β-lactam (4-membered cyclic amide) rings is 1. The fourth-order valence-corrected chi connectivity index (χ4v) is 3.43. The van der Waals surface area contributed by atoms with Crippen LogP contribution in [0.2, 0.25) is 0 Å². The average molecular weight is 372 g/mol. The van der Waals surface area contributed by atoms with Crippen molar-refractivity contribution in [1.29, 1.82) is 0 Å². The first-order valence-corrected chi connectivity index (χ1v) is 8.59. The van der Waals surface area contributed by atoms with Crippen molar-refractivity contribution in [3.63, 3.8) is 0 Å². The van der Waals surface area contributed by atoms with E-state index < -0.39 is 33.6 Å². The van der Waals surface area contributed by atoms with Crippen LogP contribution in [0.1, 0.15) is 20.3 Å². The Kier molecular flexibility index (Phi) is 5.23. The zero-order valence-corrected chi connectivity index (χ0v) is 14.5. The number of phenols is 2. The SMILES string of the molecule is C[C@@H]1CC(=O)N1[C@@H](C(=O)O)[C@](C)(CNc1ccc(O)c(O)c1)S(=O)O. The molecule has 1 aliphatic rings. The lowest BCUT2D eigenvalue weighted by Crippen LogP contribution is -2.68. The molecule has 0 spiro atoms. The summed E-state index contributed by atoms with van der Waals surface area (Å²) in [7, 11) is 0. The van der Waals surface area contributed by atoms with Crippen molar-refractivity contribution in [2.45, 2.75) is 37.1 Å². The van der Waals surface area contributed by atoms with Crippen LogP contribution in [0.5, 0.6) is 11.5 Å². The van der Waals surface area contributed by atoms with Gasteiger partial charge < -0.3 is 30.1 Å². The molecule has 0 aromatic heterocycles. The number of benzene rings is 1. The van der Waals surface area contributed by atoms with Crippen LogP contribution in [0.25, 0.3) is 0 Å². The molecule has 1 aliphatic heterocycles. The Morgan fingerprint density at radius 3 is 2.52 bits per heavy atom. The lowest BCUT2D eigenvalue weighted by atomic mass is 9.91. The number of aliphatic carboxylic acids is 1. The molecule has 1 aromatic carbocycles. The lowest BCUT2D eigenvalue weighted by molar-refractivity contribution is -0.162. The van der Waals surface area contributed by atoms with Crippen LogP contribution < -0.4 is 5.32 Å². The molecule has 25 heavy (non-hydrogen) atoms. The maximum atomic E-state index is 11.9. The number of aromatic hydroxyl groups is 2. The van der Waals surface area contributed by atoms with Crippen LogP contribution in [0, 0.1) is 0 Å². The highest BCUT2D eigenvalue weighted by molar-refractivity contribution is 7.80. The third-order valence-corrected chi connectivity index (χ3v) is 5.51. The quantitative estimate of drug-likeness (QED) is 0.202. The average Bonchev–Trinajstić information content (AvgIpc) is 2.52. The molecule has 0 radical (unpaired) electrons. The number of rotatable bonds is 7. The van der Waals surface area contributed by atoms with Gasteiger partial charge in [-0.05, 0) is 26.0 Å². The van der Waals surface area contributed by atoms with Crippen LogP contribution in [0.4, 0.5) is 5.69 Å². The summed E-state index contributed by atoms with van der Waals surface area (Å²) >= 11 is -2.57. The number of phenolic OH excluding ortho intramolecular Hbond substituents is 2. The third-order valence-electron chi connectivity index (χ3n) is 4.34. The lowest BCUT2D eigenvalue weighted by Gasteiger charge is -2.47. The van der Waals surface area contributed by atoms with E-state index >= 15 is 0 Å². The van der Waals surface area contributed by atoms with E-state index in [1.54, 1.807) is 6.92 Å². The summed E-state index contributed by atoms with van der Waals surface area (Å²) in [6.45, 7) is 2.71. The second-order valence-corrected chi connectivity index (χ2v) is 7.64. The van der Waals surface area contributed by atoms with Crippen molar-refractivity contribution < 1.29 is 33.7 Å². The molecule has 9 nitrogen and oxygen atoms in total. The molecule has 4 atom stereocenters. The van der Waals surface area contributed by atoms with Gasteiger partial charge in [-0.3, -0.25) is 4.79 Å². The van der Waals surface area contributed by atoms with Gasteiger partial charge in [-0.2, -0.15) is 0 Å². The van der Waals surface area contributed by atoms with Crippen LogP contribution >= 0.6 is 0 Å². The van der Waals surface area contributed by atoms with Crippen LogP contribution in [-0.4, -0.2) is 64.2 Å². The Morgan fingerprint density at radius 2 is 2.08 bits per heavy atom. The van der Waals surface area contributed by atoms with E-state index in [1.165, 1.54) is 25.1 Å². The first-order chi connectivity index (χ1) is 11.6. The minimum atomic E-state index is -2.57. The van der Waals surface area contributed by atoms with Gasteiger partial charge in [-0.1, -0.05) is 0 Å². The Balaban J connectivity index is 2.29. The number of carbonyl (C=O) groups is 2. The number of carboxylic acids is 1. The molecule has 138 valence electrons. The largest absolute Gasteiger partial charge is 0.504 e. The summed E-state index contributed by atoms with van der Waals surface area (Å²) in [4.78, 5) is 24.7. The molecule has 0 bridgehead atoms. The molecule has 1 saturated heterocycles. The van der Waals surface area contributed by atoms with E-state index in [-0.39, 0.29) is 30.7 Å². The number of nitrogens with zero attached hydrogens (tertiary/aromatic N) is 1. The number of hydrogen-bond donors (Lipinski definition) is 5. The van der Waals surface area contributed by atoms with Gasteiger partial charge in [0.15, 0.2) is 28.6 Å². The van der Waals surface area contributed by atoms with Gasteiger partial charge in [-0.15, -0.1) is 0 Å². The van der Waals surface area contributed by atoms with E-state index in [0.29, 0.717) is 5.69 Å². The Hall–Kier alpha value is -2.33. The summed E-state index contributed by atoms with van der Waals surface area (Å²) in [5.41, 5.74) is 0.319. The summed E-state index contributed by atoms with van der Waals surface area (Å²) in [5.74, 6) is -2.49. The molecule has 0 aliphatic carbocycles. The molecular weight excluding hydrogens is 352 g/mol. The zero-order valence-electron chi connectivity index (χ0n) is 13.7. The Bertz CT molecular complexity index is 726. The van der Waals surface area contributed by atoms with E-state index in [9.17, 15) is 33.7 Å². The number of anilines is 1. The van der Waals surface area contributed by atoms with Crippen molar-refractivity contribution in [2.75, 3.05) is 11.9 Å². The number of carboxylic acid groups (broad SMARTS) is 1. The first kappa shape index (κ1) is 19.0. The number of carbonyl (C=O) groups excluding carboxylic acids is 1. The van der Waals surface area contributed by atoms with Crippen molar-refractivity contribution in [3.8, 4) is 11.5 Å². The number of hydrogen-bond acceptors (Lipinski definition) is 6. The summed E-state index contributed by atoms with van der Waals surface area (Å²) < 4.78 is 20.0. The Morgan fingerprint density at radius 1 is 1.44 bits per heavy atom. The van der Waals surface area contributed by atoms with Crippen molar-refractivity contribution in [2.24, 2.45) is 0 Å². The maximum Gasteiger partial charge on any atom is 0.328 e. The van der Waals surface area contributed by atoms with Crippen molar-refractivity contribution in [3.05, 3.63) is 18.2 Å². The van der Waals surface area contributed by atoms with Crippen molar-refractivity contribution in [1.82, 2.24) is 4.90 Å². The van der Waals surface area contributed by atoms with Gasteiger partial charge in [-0.25, -0.2) is 9.00 Å². The summed E-state index contributed by atoms with van der Waals surface area (Å²) in [5, 5.41) is 31.1. The van der Waals surface area contributed by atoms with Gasteiger partial charge in [0.1, 0.15) is 4.75 Å². The van der Waals surface area contributed by atoms with Crippen LogP contribution in [-0.2, 0) is 20.7 Å². The fourth-order valence-electron chi connectivity index (χ4n) is 2.83. The second kappa shape index (κ2) is 6.89. The molecule has 1 unspecified atom stereocenters.